The Kier molecular flexibility index (Phi) is 8.13. The lowest BCUT2D eigenvalue weighted by Gasteiger charge is -2.20. The number of sulfonamides is 1. The first kappa shape index (κ1) is 17.3. The molecule has 0 aliphatic rings. The highest BCUT2D eigenvalue weighted by atomic mass is 32.2. The molecule has 0 saturated heterocycles. The van der Waals surface area contributed by atoms with Gasteiger partial charge in [-0.25, -0.2) is 13.1 Å². The molecule has 0 aromatic carbocycles. The van der Waals surface area contributed by atoms with Gasteiger partial charge in [0.2, 0.25) is 10.0 Å². The van der Waals surface area contributed by atoms with Crippen LogP contribution < -0.4 is 4.72 Å². The summed E-state index contributed by atoms with van der Waals surface area (Å²) < 4.78 is 25.1. The van der Waals surface area contributed by atoms with E-state index in [-0.39, 0.29) is 12.2 Å². The largest absolute Gasteiger partial charge is 0.481 e. The molecule has 0 aliphatic heterocycles. The molecule has 0 saturated carbocycles. The van der Waals surface area contributed by atoms with Gasteiger partial charge in [0.1, 0.15) is 0 Å². The Hall–Kier alpha value is -0.660. The summed E-state index contributed by atoms with van der Waals surface area (Å²) in [6, 6.07) is 0.484. The SMILES string of the molecule is CC(C)N(C)CCCCNS(=O)(=O)CCC(=O)O. The van der Waals surface area contributed by atoms with Crippen LogP contribution in [0.1, 0.15) is 33.1 Å². The zero-order valence-electron chi connectivity index (χ0n) is 11.3. The Morgan fingerprint density at radius 3 is 2.44 bits per heavy atom. The average molecular weight is 280 g/mol. The second kappa shape index (κ2) is 8.44. The van der Waals surface area contributed by atoms with Crippen molar-refractivity contribution in [3.63, 3.8) is 0 Å². The van der Waals surface area contributed by atoms with Gasteiger partial charge < -0.3 is 10.0 Å². The van der Waals surface area contributed by atoms with Crippen LogP contribution in [0.4, 0.5) is 0 Å². The standard InChI is InChI=1S/C11H24N2O4S/c1-10(2)13(3)8-5-4-7-12-18(16,17)9-6-11(14)15/h10,12H,4-9H2,1-3H3,(H,14,15). The fraction of sp³-hybridized carbons (Fsp3) is 0.909. The molecule has 0 bridgehead atoms. The predicted octanol–water partition coefficient (Wildman–Crippen LogP) is 0.501. The van der Waals surface area contributed by atoms with E-state index in [1.807, 2.05) is 7.05 Å². The van der Waals surface area contributed by atoms with E-state index in [1.54, 1.807) is 0 Å². The van der Waals surface area contributed by atoms with Gasteiger partial charge in [-0.3, -0.25) is 4.79 Å². The molecule has 0 aromatic rings. The van der Waals surface area contributed by atoms with Gasteiger partial charge in [0.25, 0.3) is 0 Å². The minimum absolute atomic E-state index is 0.353. The first-order chi connectivity index (χ1) is 8.24. The Morgan fingerprint density at radius 1 is 1.33 bits per heavy atom. The number of aliphatic carboxylic acids is 1. The maximum absolute atomic E-state index is 11.4. The summed E-state index contributed by atoms with van der Waals surface area (Å²) >= 11 is 0. The van der Waals surface area contributed by atoms with Crippen LogP contribution in [0.3, 0.4) is 0 Å². The normalized spacial score (nSPS) is 12.3. The number of rotatable bonds is 10. The Bertz CT molecular complexity index is 341. The lowest BCUT2D eigenvalue weighted by atomic mass is 10.2. The van der Waals surface area contributed by atoms with E-state index in [2.05, 4.69) is 23.5 Å². The molecule has 0 aliphatic carbocycles. The zero-order valence-corrected chi connectivity index (χ0v) is 12.2. The lowest BCUT2D eigenvalue weighted by molar-refractivity contribution is -0.136. The average Bonchev–Trinajstić information content (AvgIpc) is 2.25. The van der Waals surface area contributed by atoms with E-state index in [0.717, 1.165) is 19.4 Å². The molecule has 0 amide bonds. The molecule has 18 heavy (non-hydrogen) atoms. The van der Waals surface area contributed by atoms with Gasteiger partial charge in [-0.05, 0) is 40.3 Å². The molecule has 0 aromatic heterocycles. The zero-order chi connectivity index (χ0) is 14.2. The maximum atomic E-state index is 11.4. The van der Waals surface area contributed by atoms with Gasteiger partial charge >= 0.3 is 5.97 Å². The first-order valence-corrected chi connectivity index (χ1v) is 7.79. The summed E-state index contributed by atoms with van der Waals surface area (Å²) in [5, 5.41) is 8.40. The van der Waals surface area contributed by atoms with Crippen molar-refractivity contribution in [3.05, 3.63) is 0 Å². The third-order valence-corrected chi connectivity index (χ3v) is 4.11. The van der Waals surface area contributed by atoms with Gasteiger partial charge in [-0.2, -0.15) is 0 Å². The molecule has 108 valence electrons. The van der Waals surface area contributed by atoms with E-state index in [1.165, 1.54) is 0 Å². The minimum Gasteiger partial charge on any atom is -0.481 e. The fourth-order valence-electron chi connectivity index (χ4n) is 1.27. The number of carboxylic acid groups (broad SMARTS) is 1. The number of hydrogen-bond donors (Lipinski definition) is 2. The van der Waals surface area contributed by atoms with Crippen molar-refractivity contribution in [1.29, 1.82) is 0 Å². The number of nitrogens with one attached hydrogen (secondary N) is 1. The second-order valence-corrected chi connectivity index (χ2v) is 6.56. The van der Waals surface area contributed by atoms with Crippen LogP contribution in [0.15, 0.2) is 0 Å². The van der Waals surface area contributed by atoms with E-state index in [0.29, 0.717) is 12.6 Å². The Labute approximate surface area is 109 Å². The molecule has 0 rings (SSSR count). The highest BCUT2D eigenvalue weighted by Gasteiger charge is 2.11. The number of unbranched alkanes of at least 4 members (excludes halogenated alkanes) is 1. The summed E-state index contributed by atoms with van der Waals surface area (Å²) in [5.74, 6) is -1.45. The number of carbonyl (C=O) groups is 1. The maximum Gasteiger partial charge on any atom is 0.304 e. The second-order valence-electron chi connectivity index (χ2n) is 4.64. The van der Waals surface area contributed by atoms with Crippen molar-refractivity contribution in [1.82, 2.24) is 9.62 Å². The van der Waals surface area contributed by atoms with Crippen LogP contribution in [0.2, 0.25) is 0 Å². The molecular weight excluding hydrogens is 256 g/mol. The van der Waals surface area contributed by atoms with Crippen LogP contribution in [-0.4, -0.2) is 56.3 Å². The van der Waals surface area contributed by atoms with Gasteiger partial charge in [0, 0.05) is 12.6 Å². The topological polar surface area (TPSA) is 86.7 Å². The Balaban J connectivity index is 3.68. The summed E-state index contributed by atoms with van der Waals surface area (Å²) in [7, 11) is -1.41. The highest BCUT2D eigenvalue weighted by molar-refractivity contribution is 7.89. The van der Waals surface area contributed by atoms with E-state index < -0.39 is 16.0 Å². The summed E-state index contributed by atoms with van der Waals surface area (Å²) in [6.07, 6.45) is 1.31. The van der Waals surface area contributed by atoms with Gasteiger partial charge in [0.05, 0.1) is 12.2 Å². The third kappa shape index (κ3) is 9.38. The van der Waals surface area contributed by atoms with Crippen molar-refractivity contribution >= 4 is 16.0 Å². The van der Waals surface area contributed by atoms with E-state index in [9.17, 15) is 13.2 Å². The molecule has 0 atom stereocenters. The fourth-order valence-corrected chi connectivity index (χ4v) is 2.31. The molecule has 0 unspecified atom stereocenters. The smallest absolute Gasteiger partial charge is 0.304 e. The summed E-state index contributed by atoms with van der Waals surface area (Å²) in [5.41, 5.74) is 0. The highest BCUT2D eigenvalue weighted by Crippen LogP contribution is 1.98. The number of nitrogens with zero attached hydrogens (tertiary/aromatic N) is 1. The summed E-state index contributed by atoms with van der Waals surface area (Å²) in [6.45, 7) is 5.51. The van der Waals surface area contributed by atoms with Crippen molar-refractivity contribution in [2.45, 2.75) is 39.2 Å². The molecule has 0 radical (unpaired) electrons. The molecular formula is C11H24N2O4S. The Morgan fingerprint density at radius 2 is 1.94 bits per heavy atom. The van der Waals surface area contributed by atoms with E-state index in [4.69, 9.17) is 5.11 Å². The number of carboxylic acids is 1. The van der Waals surface area contributed by atoms with Crippen LogP contribution in [0, 0.1) is 0 Å². The van der Waals surface area contributed by atoms with Crippen molar-refractivity contribution in [2.24, 2.45) is 0 Å². The van der Waals surface area contributed by atoms with Gasteiger partial charge in [-0.1, -0.05) is 0 Å². The number of hydrogen-bond acceptors (Lipinski definition) is 4. The van der Waals surface area contributed by atoms with Gasteiger partial charge in [-0.15, -0.1) is 0 Å². The molecule has 0 heterocycles. The molecule has 6 nitrogen and oxygen atoms in total. The molecule has 2 N–H and O–H groups in total. The quantitative estimate of drug-likeness (QED) is 0.569. The predicted molar refractivity (Wildman–Crippen MR) is 71.0 cm³/mol. The summed E-state index contributed by atoms with van der Waals surface area (Å²) in [4.78, 5) is 12.5. The van der Waals surface area contributed by atoms with Crippen molar-refractivity contribution in [2.75, 3.05) is 25.9 Å². The third-order valence-electron chi connectivity index (χ3n) is 2.73. The van der Waals surface area contributed by atoms with Crippen LogP contribution in [0.5, 0.6) is 0 Å². The van der Waals surface area contributed by atoms with Crippen molar-refractivity contribution < 1.29 is 18.3 Å². The molecule has 0 spiro atoms. The lowest BCUT2D eigenvalue weighted by Crippen LogP contribution is -2.30. The van der Waals surface area contributed by atoms with Gasteiger partial charge in [0.15, 0.2) is 0 Å². The molecule has 0 fully saturated rings. The monoisotopic (exact) mass is 280 g/mol. The first-order valence-electron chi connectivity index (χ1n) is 6.14. The van der Waals surface area contributed by atoms with Crippen LogP contribution in [-0.2, 0) is 14.8 Å². The minimum atomic E-state index is -3.44. The van der Waals surface area contributed by atoms with Crippen molar-refractivity contribution in [3.8, 4) is 0 Å². The van der Waals surface area contributed by atoms with Crippen LogP contribution in [0.25, 0.3) is 0 Å². The van der Waals surface area contributed by atoms with Crippen LogP contribution >= 0.6 is 0 Å². The molecule has 7 heteroatoms. The van der Waals surface area contributed by atoms with E-state index >= 15 is 0 Å².